The Kier molecular flexibility index (Phi) is 4.81. The smallest absolute Gasteiger partial charge is 0.319 e. The Balaban J connectivity index is 1.63. The van der Waals surface area contributed by atoms with Crippen LogP contribution < -0.4 is 20.1 Å². The molecule has 0 saturated heterocycles. The maximum absolute atomic E-state index is 12.2. The summed E-state index contributed by atoms with van der Waals surface area (Å²) in [6.45, 7) is 2.33. The van der Waals surface area contributed by atoms with Crippen LogP contribution in [-0.2, 0) is 6.42 Å². The molecular weight excluding hydrogens is 328 g/mol. The third-order valence-corrected chi connectivity index (χ3v) is 4.18. The van der Waals surface area contributed by atoms with Crippen LogP contribution in [0.2, 0.25) is 5.02 Å². The lowest BCUT2D eigenvalue weighted by Gasteiger charge is -2.26. The number of rotatable bonds is 3. The van der Waals surface area contributed by atoms with E-state index in [1.807, 2.05) is 31.2 Å². The quantitative estimate of drug-likeness (QED) is 0.889. The molecule has 0 fully saturated rings. The number of hydrogen-bond acceptors (Lipinski definition) is 3. The molecule has 1 aliphatic heterocycles. The molecule has 0 aromatic heterocycles. The molecule has 126 valence electrons. The summed E-state index contributed by atoms with van der Waals surface area (Å²) < 4.78 is 10.9. The summed E-state index contributed by atoms with van der Waals surface area (Å²) in [5, 5.41) is 6.42. The van der Waals surface area contributed by atoms with Crippen LogP contribution in [0, 0.1) is 6.92 Å². The van der Waals surface area contributed by atoms with Gasteiger partial charge in [-0.2, -0.15) is 0 Å². The fourth-order valence-corrected chi connectivity index (χ4v) is 2.93. The summed E-state index contributed by atoms with van der Waals surface area (Å²) in [5.41, 5.74) is 2.66. The van der Waals surface area contributed by atoms with Gasteiger partial charge in [0.05, 0.1) is 13.2 Å². The van der Waals surface area contributed by atoms with E-state index in [0.717, 1.165) is 28.3 Å². The largest absolute Gasteiger partial charge is 0.497 e. The molecule has 0 unspecified atom stereocenters. The number of carbonyl (C=O) groups is 1. The zero-order chi connectivity index (χ0) is 17.1. The maximum Gasteiger partial charge on any atom is 0.319 e. The number of nitrogens with one attached hydrogen (secondary N) is 2. The zero-order valence-corrected chi connectivity index (χ0v) is 14.3. The SMILES string of the molecule is COc1ccc2c(c1)C[C@H](NC(=O)Nc1ccc(Cl)cc1C)CO2. The van der Waals surface area contributed by atoms with E-state index >= 15 is 0 Å². The minimum atomic E-state index is -0.264. The van der Waals surface area contributed by atoms with Gasteiger partial charge in [-0.3, -0.25) is 0 Å². The van der Waals surface area contributed by atoms with Gasteiger partial charge in [0.15, 0.2) is 0 Å². The molecule has 0 spiro atoms. The van der Waals surface area contributed by atoms with Gasteiger partial charge in [-0.25, -0.2) is 4.79 Å². The van der Waals surface area contributed by atoms with Crippen LogP contribution in [0.3, 0.4) is 0 Å². The monoisotopic (exact) mass is 346 g/mol. The van der Waals surface area contributed by atoms with E-state index in [4.69, 9.17) is 21.1 Å². The summed E-state index contributed by atoms with van der Waals surface area (Å²) in [7, 11) is 1.63. The molecule has 6 heteroatoms. The summed E-state index contributed by atoms with van der Waals surface area (Å²) in [6, 6.07) is 10.7. The van der Waals surface area contributed by atoms with Crippen molar-refractivity contribution in [3.63, 3.8) is 0 Å². The van der Waals surface area contributed by atoms with Crippen LogP contribution in [0.5, 0.6) is 11.5 Å². The highest BCUT2D eigenvalue weighted by Crippen LogP contribution is 2.28. The molecule has 2 aromatic carbocycles. The van der Waals surface area contributed by atoms with Gasteiger partial charge in [0.2, 0.25) is 0 Å². The molecule has 0 bridgehead atoms. The highest BCUT2D eigenvalue weighted by molar-refractivity contribution is 6.30. The predicted molar refractivity (Wildman–Crippen MR) is 94.3 cm³/mol. The van der Waals surface area contributed by atoms with E-state index in [-0.39, 0.29) is 12.1 Å². The molecule has 2 aromatic rings. The summed E-state index contributed by atoms with van der Waals surface area (Å²) >= 11 is 5.93. The number of carbonyl (C=O) groups excluding carboxylic acids is 1. The molecule has 24 heavy (non-hydrogen) atoms. The lowest BCUT2D eigenvalue weighted by Crippen LogP contribution is -2.44. The van der Waals surface area contributed by atoms with Crippen LogP contribution in [0.25, 0.3) is 0 Å². The number of aryl methyl sites for hydroxylation is 1. The molecular formula is C18H19ClN2O3. The predicted octanol–water partition coefficient (Wildman–Crippen LogP) is 3.78. The second-order valence-electron chi connectivity index (χ2n) is 5.74. The van der Waals surface area contributed by atoms with Crippen molar-refractivity contribution in [2.75, 3.05) is 19.0 Å². The van der Waals surface area contributed by atoms with Crippen molar-refractivity contribution in [3.05, 3.63) is 52.5 Å². The van der Waals surface area contributed by atoms with Crippen LogP contribution in [0.1, 0.15) is 11.1 Å². The highest BCUT2D eigenvalue weighted by Gasteiger charge is 2.22. The van der Waals surface area contributed by atoms with Gasteiger partial charge in [-0.15, -0.1) is 0 Å². The Morgan fingerprint density at radius 3 is 2.88 bits per heavy atom. The number of anilines is 1. The minimum Gasteiger partial charge on any atom is -0.497 e. The lowest BCUT2D eigenvalue weighted by molar-refractivity contribution is 0.222. The molecule has 5 nitrogen and oxygen atoms in total. The first-order valence-corrected chi connectivity index (χ1v) is 8.06. The Morgan fingerprint density at radius 1 is 1.29 bits per heavy atom. The molecule has 1 atom stereocenters. The van der Waals surface area contributed by atoms with Crippen LogP contribution in [0.15, 0.2) is 36.4 Å². The summed E-state index contributed by atoms with van der Waals surface area (Å²) in [4.78, 5) is 12.2. The van der Waals surface area contributed by atoms with E-state index in [2.05, 4.69) is 10.6 Å². The Labute approximate surface area is 145 Å². The van der Waals surface area contributed by atoms with Gasteiger partial charge in [-0.05, 0) is 60.9 Å². The third-order valence-electron chi connectivity index (χ3n) is 3.95. The van der Waals surface area contributed by atoms with Gasteiger partial charge < -0.3 is 20.1 Å². The van der Waals surface area contributed by atoms with Crippen LogP contribution in [-0.4, -0.2) is 25.8 Å². The number of hydrogen-bond donors (Lipinski definition) is 2. The molecule has 2 amide bonds. The fourth-order valence-electron chi connectivity index (χ4n) is 2.70. The van der Waals surface area contributed by atoms with Crippen molar-refractivity contribution >= 4 is 23.3 Å². The van der Waals surface area contributed by atoms with Gasteiger partial charge in [-0.1, -0.05) is 11.6 Å². The highest BCUT2D eigenvalue weighted by atomic mass is 35.5. The minimum absolute atomic E-state index is 0.0998. The molecule has 1 aliphatic rings. The number of methoxy groups -OCH3 is 1. The Bertz CT molecular complexity index is 764. The van der Waals surface area contributed by atoms with E-state index in [0.29, 0.717) is 18.1 Å². The van der Waals surface area contributed by atoms with Gasteiger partial charge in [0.25, 0.3) is 0 Å². The standard InChI is InChI=1S/C18H19ClN2O3/c1-11-7-13(19)3-5-16(11)21-18(22)20-14-8-12-9-15(23-2)4-6-17(12)24-10-14/h3-7,9,14H,8,10H2,1-2H3,(H2,20,21,22)/t14-/m0/s1. The fraction of sp³-hybridized carbons (Fsp3) is 0.278. The molecule has 0 saturated carbocycles. The molecule has 0 aliphatic carbocycles. The average Bonchev–Trinajstić information content (AvgIpc) is 2.56. The van der Waals surface area contributed by atoms with Crippen molar-refractivity contribution in [2.45, 2.75) is 19.4 Å². The Hall–Kier alpha value is -2.40. The normalized spacial score (nSPS) is 15.9. The summed E-state index contributed by atoms with van der Waals surface area (Å²) in [5.74, 6) is 1.61. The summed E-state index contributed by atoms with van der Waals surface area (Å²) in [6.07, 6.45) is 0.694. The van der Waals surface area contributed by atoms with Crippen LogP contribution in [0.4, 0.5) is 10.5 Å². The molecule has 1 heterocycles. The molecule has 3 rings (SSSR count). The Morgan fingerprint density at radius 2 is 2.12 bits per heavy atom. The van der Waals surface area contributed by atoms with Crippen molar-refractivity contribution < 1.29 is 14.3 Å². The maximum atomic E-state index is 12.2. The third kappa shape index (κ3) is 3.74. The number of benzene rings is 2. The number of ether oxygens (including phenoxy) is 2. The average molecular weight is 347 g/mol. The van der Waals surface area contributed by atoms with E-state index in [1.54, 1.807) is 19.2 Å². The first kappa shape index (κ1) is 16.5. The van der Waals surface area contributed by atoms with E-state index < -0.39 is 0 Å². The van der Waals surface area contributed by atoms with Crippen molar-refractivity contribution in [1.29, 1.82) is 0 Å². The number of urea groups is 1. The zero-order valence-electron chi connectivity index (χ0n) is 13.6. The second-order valence-corrected chi connectivity index (χ2v) is 6.18. The number of amides is 2. The van der Waals surface area contributed by atoms with Gasteiger partial charge in [0, 0.05) is 10.7 Å². The van der Waals surface area contributed by atoms with Crippen molar-refractivity contribution in [3.8, 4) is 11.5 Å². The van der Waals surface area contributed by atoms with E-state index in [1.165, 1.54) is 0 Å². The molecule has 2 N–H and O–H groups in total. The number of halogens is 1. The second kappa shape index (κ2) is 7.01. The van der Waals surface area contributed by atoms with Crippen LogP contribution >= 0.6 is 11.6 Å². The van der Waals surface area contributed by atoms with E-state index in [9.17, 15) is 4.79 Å². The van der Waals surface area contributed by atoms with Crippen molar-refractivity contribution in [1.82, 2.24) is 5.32 Å². The first-order valence-electron chi connectivity index (χ1n) is 7.68. The molecule has 0 radical (unpaired) electrons. The number of fused-ring (bicyclic) bond motifs is 1. The lowest BCUT2D eigenvalue weighted by atomic mass is 10.0. The first-order chi connectivity index (χ1) is 11.5. The van der Waals surface area contributed by atoms with Crippen molar-refractivity contribution in [2.24, 2.45) is 0 Å². The van der Waals surface area contributed by atoms with Gasteiger partial charge in [0.1, 0.15) is 18.1 Å². The topological polar surface area (TPSA) is 59.6 Å². The van der Waals surface area contributed by atoms with Gasteiger partial charge >= 0.3 is 6.03 Å².